The lowest BCUT2D eigenvalue weighted by molar-refractivity contribution is 0.404. The summed E-state index contributed by atoms with van der Waals surface area (Å²) in [5, 5.41) is 0. The Hall–Kier alpha value is -1.29. The van der Waals surface area contributed by atoms with Gasteiger partial charge in [0.2, 0.25) is 0 Å². The normalized spacial score (nSPS) is 17.4. The average molecular weight is 335 g/mol. The molecule has 0 radical (unpaired) electrons. The van der Waals surface area contributed by atoms with Crippen molar-refractivity contribution in [2.24, 2.45) is 15.9 Å². The highest BCUT2D eigenvalue weighted by molar-refractivity contribution is 7.80. The molecule has 128 valence electrons. The van der Waals surface area contributed by atoms with Gasteiger partial charge in [-0.2, -0.15) is 0 Å². The maximum absolute atomic E-state index is 5.28. The van der Waals surface area contributed by atoms with Crippen molar-refractivity contribution in [3.05, 3.63) is 23.8 Å². The molecule has 0 bridgehead atoms. The van der Waals surface area contributed by atoms with Crippen LogP contribution in [0.15, 0.2) is 33.1 Å². The minimum atomic E-state index is -0.0253. The lowest BCUT2D eigenvalue weighted by Gasteiger charge is -2.17. The highest BCUT2D eigenvalue weighted by Gasteiger charge is 2.49. The second kappa shape index (κ2) is 9.11. The fraction of sp³-hybridized carbons (Fsp3) is 0.579. The first-order chi connectivity index (χ1) is 11.1. The third-order valence-electron chi connectivity index (χ3n) is 4.22. The molecular weight excluding hydrogens is 304 g/mol. The molecule has 3 nitrogen and oxygen atoms in total. The average Bonchev–Trinajstić information content (AvgIpc) is 3.38. The molecule has 1 aliphatic rings. The fourth-order valence-corrected chi connectivity index (χ4v) is 2.76. The lowest BCUT2D eigenvalue weighted by atomic mass is 9.94. The van der Waals surface area contributed by atoms with Crippen molar-refractivity contribution in [2.75, 3.05) is 14.2 Å². The molecule has 0 aliphatic heterocycles. The topological polar surface area (TPSA) is 34.0 Å². The number of amidine groups is 1. The Kier molecular flexibility index (Phi) is 7.83. The Bertz CT molecular complexity index is 562. The van der Waals surface area contributed by atoms with Crippen LogP contribution >= 0.6 is 12.6 Å². The molecule has 0 heterocycles. The van der Waals surface area contributed by atoms with E-state index in [2.05, 4.69) is 48.6 Å². The van der Waals surface area contributed by atoms with Gasteiger partial charge in [-0.05, 0) is 42.9 Å². The zero-order valence-corrected chi connectivity index (χ0v) is 16.2. The van der Waals surface area contributed by atoms with E-state index in [4.69, 9.17) is 4.74 Å². The summed E-state index contributed by atoms with van der Waals surface area (Å²) in [4.78, 5) is 9.97. The van der Waals surface area contributed by atoms with E-state index >= 15 is 0 Å². The van der Waals surface area contributed by atoms with E-state index in [0.717, 1.165) is 35.7 Å². The molecule has 1 atom stereocenters. The van der Waals surface area contributed by atoms with Gasteiger partial charge in [-0.15, -0.1) is 12.6 Å². The van der Waals surface area contributed by atoms with Gasteiger partial charge in [0, 0.05) is 18.2 Å². The van der Waals surface area contributed by atoms with Crippen LogP contribution in [0.5, 0.6) is 5.75 Å². The SMILES string of the molecule is CC.CCC(C)C=NC(=NC)C1(c2ccc(OC)c(S)c2)CC1. The Labute approximate surface area is 146 Å². The summed E-state index contributed by atoms with van der Waals surface area (Å²) in [5.41, 5.74) is 1.21. The first-order valence-corrected chi connectivity index (χ1v) is 8.91. The standard InChI is InChI=1S/C17H24N2OS.C2H6/c1-5-12(2)11-19-16(18-3)17(8-9-17)13-6-7-14(20-4)15(21)10-13;1-2/h6-7,10-12,21H,5,8-9H2,1-4H3;1-2H3. The lowest BCUT2D eigenvalue weighted by Crippen LogP contribution is -2.19. The minimum absolute atomic E-state index is 0.0253. The Morgan fingerprint density at radius 2 is 2.04 bits per heavy atom. The molecule has 2 rings (SSSR count). The Morgan fingerprint density at radius 3 is 2.48 bits per heavy atom. The zero-order valence-electron chi connectivity index (χ0n) is 15.3. The van der Waals surface area contributed by atoms with Gasteiger partial charge in [0.05, 0.1) is 12.5 Å². The van der Waals surface area contributed by atoms with Crippen LogP contribution in [0.3, 0.4) is 0 Å². The molecule has 1 unspecified atom stereocenters. The molecule has 1 aromatic carbocycles. The predicted molar refractivity (Wildman–Crippen MR) is 104 cm³/mol. The summed E-state index contributed by atoms with van der Waals surface area (Å²) in [6.45, 7) is 8.35. The number of ether oxygens (including phenoxy) is 1. The number of methoxy groups -OCH3 is 1. The summed E-state index contributed by atoms with van der Waals surface area (Å²) in [5.74, 6) is 2.21. The number of nitrogens with zero attached hydrogens (tertiary/aromatic N) is 2. The molecule has 0 aromatic heterocycles. The van der Waals surface area contributed by atoms with Gasteiger partial charge in [-0.25, -0.2) is 4.99 Å². The molecule has 4 heteroatoms. The molecule has 0 amide bonds. The van der Waals surface area contributed by atoms with Gasteiger partial charge in [0.15, 0.2) is 0 Å². The van der Waals surface area contributed by atoms with E-state index in [-0.39, 0.29) is 5.41 Å². The number of thiol groups is 1. The fourth-order valence-electron chi connectivity index (χ4n) is 2.45. The van der Waals surface area contributed by atoms with Crippen LogP contribution < -0.4 is 4.74 Å². The van der Waals surface area contributed by atoms with Gasteiger partial charge in [-0.1, -0.05) is 33.8 Å². The quantitative estimate of drug-likeness (QED) is 0.449. The van der Waals surface area contributed by atoms with Crippen molar-refractivity contribution in [3.8, 4) is 5.75 Å². The molecule has 1 saturated carbocycles. The van der Waals surface area contributed by atoms with Crippen LogP contribution in [0.25, 0.3) is 0 Å². The highest BCUT2D eigenvalue weighted by Crippen LogP contribution is 2.50. The third kappa shape index (κ3) is 4.60. The van der Waals surface area contributed by atoms with Crippen LogP contribution in [0.2, 0.25) is 0 Å². The number of benzene rings is 1. The van der Waals surface area contributed by atoms with E-state index in [1.807, 2.05) is 33.2 Å². The largest absolute Gasteiger partial charge is 0.496 e. The van der Waals surface area contributed by atoms with E-state index in [0.29, 0.717) is 5.92 Å². The van der Waals surface area contributed by atoms with Crippen molar-refractivity contribution in [3.63, 3.8) is 0 Å². The second-order valence-corrected chi connectivity index (χ2v) is 6.16. The van der Waals surface area contributed by atoms with Crippen molar-refractivity contribution < 1.29 is 4.74 Å². The summed E-state index contributed by atoms with van der Waals surface area (Å²) in [7, 11) is 3.49. The van der Waals surface area contributed by atoms with Gasteiger partial charge >= 0.3 is 0 Å². The third-order valence-corrected chi connectivity index (χ3v) is 4.57. The molecule has 0 spiro atoms. The maximum Gasteiger partial charge on any atom is 0.133 e. The number of hydrogen-bond donors (Lipinski definition) is 1. The Balaban J connectivity index is 0.00000127. The van der Waals surface area contributed by atoms with Crippen molar-refractivity contribution >= 4 is 24.7 Å². The van der Waals surface area contributed by atoms with Crippen molar-refractivity contribution in [1.82, 2.24) is 0 Å². The van der Waals surface area contributed by atoms with Gasteiger partial charge in [0.1, 0.15) is 11.6 Å². The summed E-state index contributed by atoms with van der Waals surface area (Å²) in [6.07, 6.45) is 5.30. The summed E-state index contributed by atoms with van der Waals surface area (Å²) in [6, 6.07) is 6.16. The molecule has 1 aromatic rings. The number of hydrogen-bond acceptors (Lipinski definition) is 3. The zero-order chi connectivity index (χ0) is 17.5. The van der Waals surface area contributed by atoms with Gasteiger partial charge < -0.3 is 4.74 Å². The predicted octanol–water partition coefficient (Wildman–Crippen LogP) is 5.19. The van der Waals surface area contributed by atoms with Crippen molar-refractivity contribution in [2.45, 2.75) is 57.3 Å². The summed E-state index contributed by atoms with van der Waals surface area (Å²) >= 11 is 4.50. The molecule has 23 heavy (non-hydrogen) atoms. The van der Waals surface area contributed by atoms with Crippen molar-refractivity contribution in [1.29, 1.82) is 0 Å². The smallest absolute Gasteiger partial charge is 0.133 e. The first-order valence-electron chi connectivity index (χ1n) is 8.46. The molecule has 1 aliphatic carbocycles. The molecule has 0 N–H and O–H groups in total. The van der Waals surface area contributed by atoms with E-state index < -0.39 is 0 Å². The van der Waals surface area contributed by atoms with Gasteiger partial charge in [0.25, 0.3) is 0 Å². The molecule has 0 saturated heterocycles. The first kappa shape index (κ1) is 19.8. The maximum atomic E-state index is 5.28. The van der Waals surface area contributed by atoms with Crippen LogP contribution in [-0.4, -0.2) is 26.2 Å². The minimum Gasteiger partial charge on any atom is -0.496 e. The summed E-state index contributed by atoms with van der Waals surface area (Å²) < 4.78 is 5.28. The number of aliphatic imine (C=N–C) groups is 2. The van der Waals surface area contributed by atoms with Crippen LogP contribution in [0, 0.1) is 5.92 Å². The Morgan fingerprint density at radius 1 is 1.39 bits per heavy atom. The van der Waals surface area contributed by atoms with Crippen LogP contribution in [0.1, 0.15) is 52.5 Å². The molecule has 1 fully saturated rings. The van der Waals surface area contributed by atoms with E-state index in [1.165, 1.54) is 5.56 Å². The van der Waals surface area contributed by atoms with Gasteiger partial charge in [-0.3, -0.25) is 4.99 Å². The monoisotopic (exact) mass is 334 g/mol. The highest BCUT2D eigenvalue weighted by atomic mass is 32.1. The van der Waals surface area contributed by atoms with Crippen LogP contribution in [-0.2, 0) is 5.41 Å². The molecular formula is C19H30N2OS. The second-order valence-electron chi connectivity index (χ2n) is 5.68. The van der Waals surface area contributed by atoms with E-state index in [1.54, 1.807) is 7.11 Å². The number of rotatable bonds is 5. The van der Waals surface area contributed by atoms with Crippen LogP contribution in [0.4, 0.5) is 0 Å². The van der Waals surface area contributed by atoms with E-state index in [9.17, 15) is 0 Å².